The van der Waals surface area contributed by atoms with Crippen molar-refractivity contribution in [3.8, 4) is 0 Å². The number of hydrogen-bond donors (Lipinski definition) is 1. The minimum absolute atomic E-state index is 0.283. The van der Waals surface area contributed by atoms with Gasteiger partial charge in [0.2, 0.25) is 0 Å². The van der Waals surface area contributed by atoms with Crippen LogP contribution in [0.25, 0.3) is 0 Å². The lowest BCUT2D eigenvalue weighted by Crippen LogP contribution is -2.23. The summed E-state index contributed by atoms with van der Waals surface area (Å²) in [5.74, 6) is 0. The maximum atomic E-state index is 4.66. The van der Waals surface area contributed by atoms with Crippen LogP contribution in [-0.4, -0.2) is 21.3 Å². The Labute approximate surface area is 127 Å². The molecular formula is C17H26N4. The van der Waals surface area contributed by atoms with E-state index < -0.39 is 0 Å². The van der Waals surface area contributed by atoms with Gasteiger partial charge < -0.3 is 5.32 Å². The summed E-state index contributed by atoms with van der Waals surface area (Å²) in [4.78, 5) is 4.46. The van der Waals surface area contributed by atoms with Crippen LogP contribution in [0.15, 0.2) is 24.4 Å². The summed E-state index contributed by atoms with van der Waals surface area (Å²) in [6.07, 6.45) is 2.96. The summed E-state index contributed by atoms with van der Waals surface area (Å²) in [7, 11) is 0. The maximum Gasteiger partial charge on any atom is 0.0643 e. The SMILES string of the molecule is CCNC(Cc1ccn(C(C)C)n1)c1cc(C)nc(C)c1. The van der Waals surface area contributed by atoms with E-state index in [2.05, 4.69) is 60.6 Å². The van der Waals surface area contributed by atoms with Crippen LogP contribution in [0.3, 0.4) is 0 Å². The Morgan fingerprint density at radius 2 is 1.86 bits per heavy atom. The molecule has 0 saturated carbocycles. The van der Waals surface area contributed by atoms with Crippen LogP contribution in [0.5, 0.6) is 0 Å². The zero-order valence-electron chi connectivity index (χ0n) is 13.7. The van der Waals surface area contributed by atoms with Crippen LogP contribution in [0.4, 0.5) is 0 Å². The maximum absolute atomic E-state index is 4.66. The minimum atomic E-state index is 0.283. The number of nitrogens with one attached hydrogen (secondary N) is 1. The van der Waals surface area contributed by atoms with Crippen molar-refractivity contribution in [1.29, 1.82) is 0 Å². The predicted octanol–water partition coefficient (Wildman–Crippen LogP) is 3.37. The molecule has 1 unspecified atom stereocenters. The van der Waals surface area contributed by atoms with Crippen molar-refractivity contribution in [2.45, 2.75) is 53.1 Å². The third-order valence-corrected chi connectivity index (χ3v) is 3.56. The summed E-state index contributed by atoms with van der Waals surface area (Å²) >= 11 is 0. The fourth-order valence-corrected chi connectivity index (χ4v) is 2.61. The van der Waals surface area contributed by atoms with E-state index >= 15 is 0 Å². The second-order valence-corrected chi connectivity index (χ2v) is 5.88. The average molecular weight is 286 g/mol. The summed E-state index contributed by atoms with van der Waals surface area (Å²) < 4.78 is 2.02. The first-order valence-electron chi connectivity index (χ1n) is 7.72. The number of likely N-dealkylation sites (N-methyl/N-ethyl adjacent to an activating group) is 1. The van der Waals surface area contributed by atoms with E-state index in [4.69, 9.17) is 0 Å². The molecule has 0 aliphatic carbocycles. The number of aryl methyl sites for hydroxylation is 2. The molecule has 21 heavy (non-hydrogen) atoms. The summed E-state index contributed by atoms with van der Waals surface area (Å²) in [6, 6.07) is 7.14. The molecule has 1 atom stereocenters. The molecule has 2 aromatic rings. The van der Waals surface area contributed by atoms with Gasteiger partial charge in [0.25, 0.3) is 0 Å². The molecule has 0 aliphatic heterocycles. The van der Waals surface area contributed by atoms with Crippen LogP contribution in [-0.2, 0) is 6.42 Å². The van der Waals surface area contributed by atoms with Gasteiger partial charge in [0.05, 0.1) is 5.69 Å². The van der Waals surface area contributed by atoms with Crippen LogP contribution in [0, 0.1) is 13.8 Å². The van der Waals surface area contributed by atoms with Gasteiger partial charge in [-0.2, -0.15) is 5.10 Å². The van der Waals surface area contributed by atoms with Gasteiger partial charge in [0, 0.05) is 36.1 Å². The molecule has 0 radical (unpaired) electrons. The zero-order chi connectivity index (χ0) is 15.4. The number of rotatable bonds is 6. The lowest BCUT2D eigenvalue weighted by atomic mass is 10.0. The predicted molar refractivity (Wildman–Crippen MR) is 86.4 cm³/mol. The fourth-order valence-electron chi connectivity index (χ4n) is 2.61. The highest BCUT2D eigenvalue weighted by Gasteiger charge is 2.14. The standard InChI is InChI=1S/C17H26N4/c1-6-18-17(15-9-13(4)19-14(5)10-15)11-16-7-8-21(20-16)12(2)3/h7-10,12,17-18H,6,11H2,1-5H3. The lowest BCUT2D eigenvalue weighted by molar-refractivity contribution is 0.506. The highest BCUT2D eigenvalue weighted by Crippen LogP contribution is 2.19. The topological polar surface area (TPSA) is 42.7 Å². The minimum Gasteiger partial charge on any atom is -0.310 e. The van der Waals surface area contributed by atoms with Gasteiger partial charge in [-0.05, 0) is 58.0 Å². The smallest absolute Gasteiger partial charge is 0.0643 e. The van der Waals surface area contributed by atoms with Crippen LogP contribution in [0.2, 0.25) is 0 Å². The van der Waals surface area contributed by atoms with Crippen LogP contribution >= 0.6 is 0 Å². The Morgan fingerprint density at radius 1 is 1.19 bits per heavy atom. The molecule has 4 nitrogen and oxygen atoms in total. The van der Waals surface area contributed by atoms with Gasteiger partial charge in [-0.25, -0.2) is 0 Å². The Balaban J connectivity index is 2.21. The van der Waals surface area contributed by atoms with Gasteiger partial charge in [-0.3, -0.25) is 9.67 Å². The van der Waals surface area contributed by atoms with Gasteiger partial charge in [0.1, 0.15) is 0 Å². The molecule has 2 aromatic heterocycles. The fraction of sp³-hybridized carbons (Fsp3) is 0.529. The van der Waals surface area contributed by atoms with E-state index in [9.17, 15) is 0 Å². The van der Waals surface area contributed by atoms with Crippen molar-refractivity contribution in [3.63, 3.8) is 0 Å². The number of hydrogen-bond acceptors (Lipinski definition) is 3. The van der Waals surface area contributed by atoms with E-state index in [1.165, 1.54) is 5.56 Å². The lowest BCUT2D eigenvalue weighted by Gasteiger charge is -2.18. The molecule has 0 amide bonds. The van der Waals surface area contributed by atoms with Crippen molar-refractivity contribution in [2.75, 3.05) is 6.54 Å². The highest BCUT2D eigenvalue weighted by atomic mass is 15.3. The molecule has 4 heteroatoms. The van der Waals surface area contributed by atoms with E-state index in [1.807, 2.05) is 18.5 Å². The van der Waals surface area contributed by atoms with Crippen molar-refractivity contribution >= 4 is 0 Å². The van der Waals surface area contributed by atoms with Gasteiger partial charge >= 0.3 is 0 Å². The van der Waals surface area contributed by atoms with Crippen molar-refractivity contribution in [3.05, 3.63) is 47.0 Å². The molecule has 2 rings (SSSR count). The molecule has 114 valence electrons. The molecule has 0 bridgehead atoms. The molecule has 0 saturated heterocycles. The average Bonchev–Trinajstić information content (AvgIpc) is 2.86. The molecule has 0 fully saturated rings. The van der Waals surface area contributed by atoms with Crippen LogP contribution < -0.4 is 5.32 Å². The number of aromatic nitrogens is 3. The molecule has 1 N–H and O–H groups in total. The Kier molecular flexibility index (Phi) is 5.12. The zero-order valence-corrected chi connectivity index (χ0v) is 13.7. The molecule has 2 heterocycles. The van der Waals surface area contributed by atoms with E-state index in [1.54, 1.807) is 0 Å². The highest BCUT2D eigenvalue weighted by molar-refractivity contribution is 5.25. The second kappa shape index (κ2) is 6.85. The van der Waals surface area contributed by atoms with Gasteiger partial charge in [-0.1, -0.05) is 6.92 Å². The first kappa shape index (κ1) is 15.7. The largest absolute Gasteiger partial charge is 0.310 e. The molecular weight excluding hydrogens is 260 g/mol. The van der Waals surface area contributed by atoms with E-state index in [0.717, 1.165) is 30.0 Å². The Morgan fingerprint density at radius 3 is 2.38 bits per heavy atom. The third kappa shape index (κ3) is 4.14. The first-order chi connectivity index (χ1) is 9.99. The Bertz CT molecular complexity index is 566. The van der Waals surface area contributed by atoms with Crippen molar-refractivity contribution in [1.82, 2.24) is 20.1 Å². The summed E-state index contributed by atoms with van der Waals surface area (Å²) in [6.45, 7) is 11.5. The van der Waals surface area contributed by atoms with Crippen molar-refractivity contribution in [2.24, 2.45) is 0 Å². The summed E-state index contributed by atoms with van der Waals surface area (Å²) in [5, 5.41) is 8.23. The molecule has 0 aliphatic rings. The monoisotopic (exact) mass is 286 g/mol. The molecule has 0 aromatic carbocycles. The second-order valence-electron chi connectivity index (χ2n) is 5.88. The summed E-state index contributed by atoms with van der Waals surface area (Å²) in [5.41, 5.74) is 4.56. The van der Waals surface area contributed by atoms with Crippen molar-refractivity contribution < 1.29 is 0 Å². The number of nitrogens with zero attached hydrogens (tertiary/aromatic N) is 3. The van der Waals surface area contributed by atoms with Gasteiger partial charge in [0.15, 0.2) is 0 Å². The van der Waals surface area contributed by atoms with Crippen LogP contribution in [0.1, 0.15) is 55.5 Å². The molecule has 0 spiro atoms. The van der Waals surface area contributed by atoms with E-state index in [-0.39, 0.29) is 6.04 Å². The first-order valence-corrected chi connectivity index (χ1v) is 7.72. The normalized spacial score (nSPS) is 12.9. The Hall–Kier alpha value is -1.68. The van der Waals surface area contributed by atoms with E-state index in [0.29, 0.717) is 6.04 Å². The third-order valence-electron chi connectivity index (χ3n) is 3.56. The number of pyridine rings is 1. The van der Waals surface area contributed by atoms with Gasteiger partial charge in [-0.15, -0.1) is 0 Å². The quantitative estimate of drug-likeness (QED) is 0.885.